The second-order valence-corrected chi connectivity index (χ2v) is 25.4. The van der Waals surface area contributed by atoms with E-state index in [1.165, 1.54) is 167 Å². The molecule has 3 aliphatic rings. The van der Waals surface area contributed by atoms with Crippen molar-refractivity contribution in [1.82, 2.24) is 5.32 Å². The van der Waals surface area contributed by atoms with Gasteiger partial charge in [-0.25, -0.2) is 0 Å². The van der Waals surface area contributed by atoms with Crippen LogP contribution >= 0.6 is 0 Å². The molecule has 0 saturated carbocycles. The Morgan fingerprint density at radius 3 is 1.16 bits per heavy atom. The first kappa shape index (κ1) is 78.9. The maximum absolute atomic E-state index is 13.7. The van der Waals surface area contributed by atoms with Crippen LogP contribution in [-0.2, 0) is 33.2 Å². The molecule has 0 aromatic heterocycles. The SMILES string of the molecule is CCCCCCCCCCCCCCCCCCCCCCCCCC(O)C(O)C(=O)N[C@@H](CO[C@@H]1O[C@H](CO)[C@@H](O[C@@H]2O[C@H](CO)[C@H](O)[C@H](O)[C@H]2O)[C@H](O[C@@H]2O[C@H](C)[C@H](O)[C@H](O)[C@H]2O)[C@H]1O)[C@H](O)[C@H](O)CCCCCCCCCCCCCCC. The van der Waals surface area contributed by atoms with Crippen LogP contribution in [0.25, 0.3) is 0 Å². The van der Waals surface area contributed by atoms with Gasteiger partial charge in [0.1, 0.15) is 73.2 Å². The molecule has 86 heavy (non-hydrogen) atoms. The summed E-state index contributed by atoms with van der Waals surface area (Å²) in [6.45, 7) is 3.42. The van der Waals surface area contributed by atoms with Gasteiger partial charge < -0.3 is 100 Å². The van der Waals surface area contributed by atoms with Crippen LogP contribution in [0.5, 0.6) is 0 Å². The van der Waals surface area contributed by atoms with Gasteiger partial charge in [-0.2, -0.15) is 0 Å². The lowest BCUT2D eigenvalue weighted by Gasteiger charge is -2.49. The van der Waals surface area contributed by atoms with Crippen molar-refractivity contribution in [2.45, 2.75) is 387 Å². The van der Waals surface area contributed by atoms with Crippen molar-refractivity contribution >= 4 is 5.91 Å². The van der Waals surface area contributed by atoms with Crippen molar-refractivity contribution in [3.05, 3.63) is 0 Å². The number of amides is 1. The first-order valence-corrected chi connectivity index (χ1v) is 34.4. The lowest BCUT2D eigenvalue weighted by Crippen LogP contribution is -2.67. The maximum Gasteiger partial charge on any atom is 0.251 e. The van der Waals surface area contributed by atoms with Crippen molar-refractivity contribution in [1.29, 1.82) is 0 Å². The molecular weight excluding hydrogens is 1110 g/mol. The average molecular weight is 1240 g/mol. The van der Waals surface area contributed by atoms with E-state index in [-0.39, 0.29) is 12.8 Å². The van der Waals surface area contributed by atoms with E-state index in [4.69, 9.17) is 28.4 Å². The van der Waals surface area contributed by atoms with Crippen LogP contribution in [0, 0.1) is 0 Å². The number of carbonyl (C=O) groups is 1. The van der Waals surface area contributed by atoms with Crippen LogP contribution in [0.4, 0.5) is 0 Å². The molecule has 21 nitrogen and oxygen atoms in total. The van der Waals surface area contributed by atoms with Crippen molar-refractivity contribution in [2.24, 2.45) is 0 Å². The molecule has 3 fully saturated rings. The number of nitrogens with one attached hydrogen (secondary N) is 1. The van der Waals surface area contributed by atoms with Gasteiger partial charge in [0.25, 0.3) is 5.91 Å². The summed E-state index contributed by atoms with van der Waals surface area (Å²) in [6.07, 6.45) is 10.7. The summed E-state index contributed by atoms with van der Waals surface area (Å²) < 4.78 is 35.1. The molecule has 0 spiro atoms. The van der Waals surface area contributed by atoms with Crippen LogP contribution < -0.4 is 5.32 Å². The van der Waals surface area contributed by atoms with Crippen molar-refractivity contribution in [2.75, 3.05) is 19.8 Å². The second kappa shape index (κ2) is 47.6. The fraction of sp³-hybridized carbons (Fsp3) is 0.985. The maximum atomic E-state index is 13.7. The summed E-state index contributed by atoms with van der Waals surface area (Å²) in [4.78, 5) is 13.7. The zero-order valence-corrected chi connectivity index (χ0v) is 53.2. The largest absolute Gasteiger partial charge is 0.394 e. The number of hydrogen-bond acceptors (Lipinski definition) is 20. The van der Waals surface area contributed by atoms with Crippen LogP contribution in [-0.4, -0.2) is 215 Å². The molecule has 0 aromatic carbocycles. The third-order valence-corrected chi connectivity index (χ3v) is 17.9. The molecule has 1 amide bonds. The van der Waals surface area contributed by atoms with Gasteiger partial charge in [-0.15, -0.1) is 0 Å². The van der Waals surface area contributed by atoms with Crippen LogP contribution in [0.3, 0.4) is 0 Å². The van der Waals surface area contributed by atoms with Crippen LogP contribution in [0.15, 0.2) is 0 Å². The number of ether oxygens (including phenoxy) is 6. The summed E-state index contributed by atoms with van der Waals surface area (Å²) in [5.41, 5.74) is 0. The molecule has 0 bridgehead atoms. The zero-order chi connectivity index (χ0) is 63.1. The van der Waals surface area contributed by atoms with Gasteiger partial charge in [-0.1, -0.05) is 245 Å². The van der Waals surface area contributed by atoms with E-state index in [1.807, 2.05) is 0 Å². The first-order chi connectivity index (χ1) is 41.5. The molecule has 0 aliphatic carbocycles. The zero-order valence-electron chi connectivity index (χ0n) is 53.2. The highest BCUT2D eigenvalue weighted by Gasteiger charge is 2.54. The van der Waals surface area contributed by atoms with Gasteiger partial charge in [0, 0.05) is 0 Å². The normalized spacial score (nSPS) is 29.8. The Morgan fingerprint density at radius 2 is 0.756 bits per heavy atom. The first-order valence-electron chi connectivity index (χ1n) is 34.4. The molecule has 3 aliphatic heterocycles. The summed E-state index contributed by atoms with van der Waals surface area (Å²) in [5.74, 6) is -1.06. The molecule has 20 atom stereocenters. The van der Waals surface area contributed by atoms with E-state index in [9.17, 15) is 71.2 Å². The molecule has 0 radical (unpaired) electrons. The molecule has 14 N–H and O–H groups in total. The number of aliphatic hydroxyl groups excluding tert-OH is 13. The molecule has 3 rings (SSSR count). The number of carbonyl (C=O) groups excluding carboxylic acids is 1. The Kier molecular flexibility index (Phi) is 43.7. The second-order valence-electron chi connectivity index (χ2n) is 25.4. The Bertz CT molecular complexity index is 1630. The van der Waals surface area contributed by atoms with Crippen LogP contribution in [0.1, 0.15) is 265 Å². The fourth-order valence-corrected chi connectivity index (χ4v) is 12.1. The van der Waals surface area contributed by atoms with Gasteiger partial charge in [0.15, 0.2) is 25.0 Å². The molecule has 3 saturated heterocycles. The van der Waals surface area contributed by atoms with Crippen LogP contribution in [0.2, 0.25) is 0 Å². The minimum Gasteiger partial charge on any atom is -0.394 e. The Morgan fingerprint density at radius 1 is 0.407 bits per heavy atom. The average Bonchev–Trinajstić information content (AvgIpc) is 2.70. The molecule has 2 unspecified atom stereocenters. The smallest absolute Gasteiger partial charge is 0.251 e. The van der Waals surface area contributed by atoms with Crippen molar-refractivity contribution in [3.63, 3.8) is 0 Å². The van der Waals surface area contributed by atoms with Gasteiger partial charge in [0.05, 0.1) is 44.2 Å². The van der Waals surface area contributed by atoms with E-state index in [1.54, 1.807) is 0 Å². The monoisotopic (exact) mass is 1240 g/mol. The third-order valence-electron chi connectivity index (χ3n) is 17.9. The van der Waals surface area contributed by atoms with E-state index in [0.717, 1.165) is 57.8 Å². The highest BCUT2D eigenvalue weighted by Crippen LogP contribution is 2.34. The van der Waals surface area contributed by atoms with E-state index in [2.05, 4.69) is 19.2 Å². The van der Waals surface area contributed by atoms with Gasteiger partial charge in [-0.05, 0) is 19.8 Å². The predicted octanol–water partition coefficient (Wildman–Crippen LogP) is 6.27. The summed E-state index contributed by atoms with van der Waals surface area (Å²) in [6, 6.07) is -1.49. The minimum absolute atomic E-state index is 0.131. The Labute approximate surface area is 516 Å². The van der Waals surface area contributed by atoms with Gasteiger partial charge in [-0.3, -0.25) is 4.79 Å². The number of aliphatic hydroxyl groups is 13. The Hall–Kier alpha value is -1.29. The molecule has 3 heterocycles. The number of rotatable bonds is 52. The molecule has 21 heteroatoms. The third kappa shape index (κ3) is 30.0. The van der Waals surface area contributed by atoms with E-state index >= 15 is 0 Å². The standard InChI is InChI=1S/C65H125NO20/c1-4-6-8-10-12-14-16-18-19-20-21-22-23-24-25-26-27-29-31-33-35-37-39-41-48(70)53(73)62(80)66-46(52(72)47(69)40-38-36-34-32-30-28-17-15-13-11-9-7-5-2)44-81-63-59(79)61(86-64-57(77)55(75)51(71)45(3)82-64)60(50(43-68)84-63)85-65-58(78)56(76)54(74)49(42-67)83-65/h45-61,63-65,67-79H,4-44H2,1-3H3,(H,66,80)/t45-,46+,47-,48?,49-,50-,51+,52+,53?,54+,55+,56+,57-,58-,59-,60-,61-,63-,64+,65+/m1/s1. The fourth-order valence-electron chi connectivity index (χ4n) is 12.1. The minimum atomic E-state index is -2.01. The van der Waals surface area contributed by atoms with E-state index < -0.39 is 148 Å². The molecule has 0 aromatic rings. The summed E-state index contributed by atoms with van der Waals surface area (Å²) in [5, 5.41) is 144. The number of hydrogen-bond donors (Lipinski definition) is 14. The molecule has 510 valence electrons. The summed E-state index contributed by atoms with van der Waals surface area (Å²) >= 11 is 0. The molecular formula is C65H125NO20. The quantitative estimate of drug-likeness (QED) is 0.0298. The predicted molar refractivity (Wildman–Crippen MR) is 326 cm³/mol. The van der Waals surface area contributed by atoms with Crippen molar-refractivity contribution in [3.8, 4) is 0 Å². The van der Waals surface area contributed by atoms with E-state index in [0.29, 0.717) is 12.8 Å². The highest BCUT2D eigenvalue weighted by atomic mass is 16.8. The highest BCUT2D eigenvalue weighted by molar-refractivity contribution is 5.81. The lowest BCUT2D eigenvalue weighted by molar-refractivity contribution is -0.386. The van der Waals surface area contributed by atoms with Gasteiger partial charge in [0.2, 0.25) is 0 Å². The summed E-state index contributed by atoms with van der Waals surface area (Å²) in [7, 11) is 0. The topological polar surface area (TPSA) is 347 Å². The lowest BCUT2D eigenvalue weighted by atomic mass is 9.96. The number of unbranched alkanes of at least 4 members (excludes halogenated alkanes) is 34. The Balaban J connectivity index is 1.57. The van der Waals surface area contributed by atoms with Crippen molar-refractivity contribution < 1.29 is 99.6 Å². The van der Waals surface area contributed by atoms with Gasteiger partial charge >= 0.3 is 0 Å².